The van der Waals surface area contributed by atoms with Crippen LogP contribution in [-0.4, -0.2) is 34.2 Å². The number of benzene rings is 2. The van der Waals surface area contributed by atoms with Crippen LogP contribution in [-0.2, 0) is 7.05 Å². The number of aliphatic hydroxyl groups is 1. The van der Waals surface area contributed by atoms with Crippen molar-refractivity contribution < 1.29 is 19.4 Å². The van der Waals surface area contributed by atoms with Crippen molar-refractivity contribution in [3.63, 3.8) is 0 Å². The number of imidazole rings is 1. The van der Waals surface area contributed by atoms with E-state index >= 15 is 0 Å². The highest BCUT2D eigenvalue weighted by molar-refractivity contribution is 5.94. The van der Waals surface area contributed by atoms with Crippen LogP contribution in [0.3, 0.4) is 0 Å². The second-order valence-corrected chi connectivity index (χ2v) is 5.92. The predicted octanol–water partition coefficient (Wildman–Crippen LogP) is 2.68. The summed E-state index contributed by atoms with van der Waals surface area (Å²) in [5.74, 6) is 2.26. The fourth-order valence-electron chi connectivity index (χ4n) is 2.54. The van der Waals surface area contributed by atoms with Gasteiger partial charge in [0.15, 0.2) is 0 Å². The minimum absolute atomic E-state index is 0.0772. The third-order valence-corrected chi connectivity index (χ3v) is 4.02. The van der Waals surface area contributed by atoms with E-state index in [0.29, 0.717) is 22.9 Å². The van der Waals surface area contributed by atoms with E-state index in [4.69, 9.17) is 9.47 Å². The molecule has 7 heteroatoms. The summed E-state index contributed by atoms with van der Waals surface area (Å²) in [6.07, 6.45) is 2.47. The molecule has 1 amide bonds. The van der Waals surface area contributed by atoms with Gasteiger partial charge in [0.25, 0.3) is 5.91 Å². The third kappa shape index (κ3) is 4.65. The Morgan fingerprint density at radius 2 is 1.70 bits per heavy atom. The van der Waals surface area contributed by atoms with E-state index in [1.165, 1.54) is 0 Å². The summed E-state index contributed by atoms with van der Waals surface area (Å²) >= 11 is 0. The van der Waals surface area contributed by atoms with E-state index in [9.17, 15) is 9.90 Å². The first-order valence-corrected chi connectivity index (χ1v) is 8.42. The predicted molar refractivity (Wildman–Crippen MR) is 100 cm³/mol. The lowest BCUT2D eigenvalue weighted by Gasteiger charge is -2.12. The van der Waals surface area contributed by atoms with Crippen LogP contribution in [0.15, 0.2) is 60.9 Å². The van der Waals surface area contributed by atoms with Crippen molar-refractivity contribution in [3.05, 3.63) is 72.3 Å². The molecule has 3 aromatic rings. The van der Waals surface area contributed by atoms with Crippen molar-refractivity contribution in [3.8, 4) is 17.2 Å². The molecule has 1 aromatic heterocycles. The molecule has 0 saturated carbocycles. The van der Waals surface area contributed by atoms with Gasteiger partial charge in [-0.15, -0.1) is 0 Å². The minimum Gasteiger partial charge on any atom is -0.497 e. The standard InChI is InChI=1S/C20H21N3O4/c1-23-12-11-21-19(23)18(24)13-22-20(25)14-3-5-16(6-4-14)27-17-9-7-15(26-2)8-10-17/h3-12,18,24H,13H2,1-2H3,(H,22,25). The molecular weight excluding hydrogens is 346 g/mol. The summed E-state index contributed by atoms with van der Waals surface area (Å²) < 4.78 is 12.6. The molecule has 0 radical (unpaired) electrons. The highest BCUT2D eigenvalue weighted by atomic mass is 16.5. The minimum atomic E-state index is -0.869. The lowest BCUT2D eigenvalue weighted by atomic mass is 10.2. The Morgan fingerprint density at radius 1 is 1.11 bits per heavy atom. The molecule has 0 aliphatic heterocycles. The van der Waals surface area contributed by atoms with Gasteiger partial charge >= 0.3 is 0 Å². The van der Waals surface area contributed by atoms with Gasteiger partial charge in [-0.2, -0.15) is 0 Å². The zero-order valence-electron chi connectivity index (χ0n) is 15.1. The van der Waals surface area contributed by atoms with Crippen LogP contribution < -0.4 is 14.8 Å². The molecule has 27 heavy (non-hydrogen) atoms. The van der Waals surface area contributed by atoms with E-state index in [2.05, 4.69) is 10.3 Å². The van der Waals surface area contributed by atoms with Crippen LogP contribution in [0.1, 0.15) is 22.3 Å². The molecule has 2 aromatic carbocycles. The normalized spacial score (nSPS) is 11.7. The van der Waals surface area contributed by atoms with E-state index in [1.807, 2.05) is 12.1 Å². The molecule has 0 bridgehead atoms. The van der Waals surface area contributed by atoms with Crippen LogP contribution >= 0.6 is 0 Å². The number of aliphatic hydroxyl groups excluding tert-OH is 1. The van der Waals surface area contributed by atoms with Crippen LogP contribution in [0.4, 0.5) is 0 Å². The van der Waals surface area contributed by atoms with Crippen LogP contribution in [0, 0.1) is 0 Å². The molecule has 1 unspecified atom stereocenters. The van der Waals surface area contributed by atoms with Gasteiger partial charge in [0.05, 0.1) is 13.7 Å². The van der Waals surface area contributed by atoms with Crippen molar-refractivity contribution in [1.82, 2.24) is 14.9 Å². The van der Waals surface area contributed by atoms with Crippen LogP contribution in [0.5, 0.6) is 17.2 Å². The Kier molecular flexibility index (Phi) is 5.73. The van der Waals surface area contributed by atoms with Gasteiger partial charge in [-0.05, 0) is 48.5 Å². The van der Waals surface area contributed by atoms with E-state index in [-0.39, 0.29) is 12.5 Å². The third-order valence-electron chi connectivity index (χ3n) is 4.02. The number of aromatic nitrogens is 2. The molecule has 1 heterocycles. The van der Waals surface area contributed by atoms with E-state index in [1.54, 1.807) is 67.5 Å². The molecular formula is C20H21N3O4. The number of methoxy groups -OCH3 is 1. The van der Waals surface area contributed by atoms with Crippen molar-refractivity contribution in [2.75, 3.05) is 13.7 Å². The number of nitrogens with zero attached hydrogens (tertiary/aromatic N) is 2. The van der Waals surface area contributed by atoms with Crippen molar-refractivity contribution in [2.45, 2.75) is 6.10 Å². The van der Waals surface area contributed by atoms with Gasteiger partial charge in [-0.1, -0.05) is 0 Å². The van der Waals surface area contributed by atoms with E-state index < -0.39 is 6.10 Å². The Balaban J connectivity index is 1.56. The summed E-state index contributed by atoms with van der Waals surface area (Å²) in [4.78, 5) is 16.3. The molecule has 0 aliphatic rings. The molecule has 1 atom stereocenters. The molecule has 2 N–H and O–H groups in total. The van der Waals surface area contributed by atoms with E-state index in [0.717, 1.165) is 5.75 Å². The highest BCUT2D eigenvalue weighted by Gasteiger charge is 2.14. The highest BCUT2D eigenvalue weighted by Crippen LogP contribution is 2.24. The Bertz CT molecular complexity index is 888. The summed E-state index contributed by atoms with van der Waals surface area (Å²) in [5, 5.41) is 12.8. The summed E-state index contributed by atoms with van der Waals surface area (Å²) in [6, 6.07) is 14.0. The molecule has 3 rings (SSSR count). The molecule has 0 spiro atoms. The number of hydrogen-bond donors (Lipinski definition) is 2. The first kappa shape index (κ1) is 18.5. The molecule has 7 nitrogen and oxygen atoms in total. The second kappa shape index (κ2) is 8.37. The number of carbonyl (C=O) groups excluding carboxylic acids is 1. The van der Waals surface area contributed by atoms with Crippen LogP contribution in [0.2, 0.25) is 0 Å². The quantitative estimate of drug-likeness (QED) is 0.671. The second-order valence-electron chi connectivity index (χ2n) is 5.92. The Labute approximate surface area is 157 Å². The fourth-order valence-corrected chi connectivity index (χ4v) is 2.54. The monoisotopic (exact) mass is 367 g/mol. The number of nitrogens with one attached hydrogen (secondary N) is 1. The van der Waals surface area contributed by atoms with Gasteiger partial charge in [0.2, 0.25) is 0 Å². The molecule has 0 saturated heterocycles. The van der Waals surface area contributed by atoms with Crippen molar-refractivity contribution in [1.29, 1.82) is 0 Å². The maximum absolute atomic E-state index is 12.2. The number of carbonyl (C=O) groups is 1. The largest absolute Gasteiger partial charge is 0.497 e. The van der Waals surface area contributed by atoms with Gasteiger partial charge in [0.1, 0.15) is 29.2 Å². The molecule has 140 valence electrons. The van der Waals surface area contributed by atoms with Gasteiger partial charge in [-0.3, -0.25) is 4.79 Å². The smallest absolute Gasteiger partial charge is 0.251 e. The zero-order chi connectivity index (χ0) is 19.2. The Hall–Kier alpha value is -3.32. The topological polar surface area (TPSA) is 85.6 Å². The van der Waals surface area contributed by atoms with Gasteiger partial charge in [0, 0.05) is 25.0 Å². The number of amides is 1. The van der Waals surface area contributed by atoms with Crippen molar-refractivity contribution >= 4 is 5.91 Å². The molecule has 0 aliphatic carbocycles. The SMILES string of the molecule is COc1ccc(Oc2ccc(C(=O)NCC(O)c3nccn3C)cc2)cc1. The first-order chi connectivity index (χ1) is 13.1. The summed E-state index contributed by atoms with van der Waals surface area (Å²) in [5.41, 5.74) is 0.476. The summed E-state index contributed by atoms with van der Waals surface area (Å²) in [6.45, 7) is 0.0772. The lowest BCUT2D eigenvalue weighted by molar-refractivity contribution is 0.0909. The molecule has 0 fully saturated rings. The number of ether oxygens (including phenoxy) is 2. The van der Waals surface area contributed by atoms with Gasteiger partial charge < -0.3 is 24.5 Å². The average molecular weight is 367 g/mol. The summed E-state index contributed by atoms with van der Waals surface area (Å²) in [7, 11) is 3.39. The average Bonchev–Trinajstić information content (AvgIpc) is 3.13. The first-order valence-electron chi connectivity index (χ1n) is 8.42. The maximum Gasteiger partial charge on any atom is 0.251 e. The fraction of sp³-hybridized carbons (Fsp3) is 0.200. The Morgan fingerprint density at radius 3 is 2.26 bits per heavy atom. The van der Waals surface area contributed by atoms with Crippen molar-refractivity contribution in [2.24, 2.45) is 7.05 Å². The van der Waals surface area contributed by atoms with Crippen LogP contribution in [0.25, 0.3) is 0 Å². The maximum atomic E-state index is 12.2. The number of hydrogen-bond acceptors (Lipinski definition) is 5. The number of rotatable bonds is 7. The lowest BCUT2D eigenvalue weighted by Crippen LogP contribution is -2.29. The number of aryl methyl sites for hydroxylation is 1. The van der Waals surface area contributed by atoms with Gasteiger partial charge in [-0.25, -0.2) is 4.98 Å². The zero-order valence-corrected chi connectivity index (χ0v) is 15.1.